The van der Waals surface area contributed by atoms with Crippen LogP contribution < -0.4 is 5.73 Å². The number of carbonyl (C=O) groups excluding carboxylic acids is 1. The van der Waals surface area contributed by atoms with Gasteiger partial charge in [-0.3, -0.25) is 4.79 Å². The second kappa shape index (κ2) is 5.75. The summed E-state index contributed by atoms with van der Waals surface area (Å²) in [6, 6.07) is 8.98. The van der Waals surface area contributed by atoms with E-state index in [0.717, 1.165) is 0 Å². The molecule has 1 aromatic rings. The Morgan fingerprint density at radius 3 is 2.62 bits per heavy atom. The highest BCUT2D eigenvalue weighted by molar-refractivity contribution is 5.94. The van der Waals surface area contributed by atoms with Gasteiger partial charge in [0.1, 0.15) is 5.84 Å². The Morgan fingerprint density at radius 2 is 2.06 bits per heavy atom. The number of benzene rings is 1. The maximum Gasteiger partial charge on any atom is 0.253 e. The van der Waals surface area contributed by atoms with Crippen LogP contribution in [0.5, 0.6) is 0 Å². The molecule has 0 fully saturated rings. The Morgan fingerprint density at radius 1 is 1.44 bits per heavy atom. The first-order chi connectivity index (χ1) is 7.65. The SMILES string of the molecule is CN(CC/C(N)=N/O)C(=O)c1ccccc1. The summed E-state index contributed by atoms with van der Waals surface area (Å²) in [6.07, 6.45) is 0.353. The van der Waals surface area contributed by atoms with Gasteiger partial charge in [0.15, 0.2) is 0 Å². The molecule has 0 unspecified atom stereocenters. The Labute approximate surface area is 94.2 Å². The third-order valence-electron chi connectivity index (χ3n) is 2.20. The van der Waals surface area contributed by atoms with Gasteiger partial charge < -0.3 is 15.8 Å². The number of rotatable bonds is 4. The Balaban J connectivity index is 2.55. The Bertz CT molecular complexity index is 376. The van der Waals surface area contributed by atoms with Crippen LogP contribution >= 0.6 is 0 Å². The van der Waals surface area contributed by atoms with Crippen molar-refractivity contribution in [1.82, 2.24) is 4.90 Å². The van der Waals surface area contributed by atoms with Crippen molar-refractivity contribution in [3.8, 4) is 0 Å². The highest BCUT2D eigenvalue weighted by Gasteiger charge is 2.10. The molecule has 3 N–H and O–H groups in total. The zero-order valence-corrected chi connectivity index (χ0v) is 9.13. The molecule has 0 aliphatic carbocycles. The Hall–Kier alpha value is -2.04. The van der Waals surface area contributed by atoms with Gasteiger partial charge in [-0.25, -0.2) is 0 Å². The lowest BCUT2D eigenvalue weighted by atomic mass is 10.2. The van der Waals surface area contributed by atoms with Gasteiger partial charge in [0.2, 0.25) is 0 Å². The molecule has 0 aliphatic heterocycles. The van der Waals surface area contributed by atoms with Crippen LogP contribution in [0.2, 0.25) is 0 Å². The van der Waals surface area contributed by atoms with Gasteiger partial charge in [-0.15, -0.1) is 0 Å². The molecule has 0 aliphatic rings. The summed E-state index contributed by atoms with van der Waals surface area (Å²) in [7, 11) is 1.68. The maximum atomic E-state index is 11.8. The fourth-order valence-electron chi connectivity index (χ4n) is 1.23. The average Bonchev–Trinajstić information content (AvgIpc) is 2.35. The van der Waals surface area contributed by atoms with Crippen LogP contribution in [0.4, 0.5) is 0 Å². The molecule has 5 heteroatoms. The molecule has 1 aromatic carbocycles. The molecule has 0 spiro atoms. The lowest BCUT2D eigenvalue weighted by Gasteiger charge is -2.16. The van der Waals surface area contributed by atoms with E-state index in [0.29, 0.717) is 18.5 Å². The third kappa shape index (κ3) is 3.27. The highest BCUT2D eigenvalue weighted by atomic mass is 16.4. The van der Waals surface area contributed by atoms with Gasteiger partial charge in [0.05, 0.1) is 0 Å². The van der Waals surface area contributed by atoms with Crippen molar-refractivity contribution in [1.29, 1.82) is 0 Å². The zero-order chi connectivity index (χ0) is 12.0. The molecular weight excluding hydrogens is 206 g/mol. The molecule has 1 rings (SSSR count). The maximum absolute atomic E-state index is 11.8. The number of hydrogen-bond donors (Lipinski definition) is 2. The number of hydrogen-bond acceptors (Lipinski definition) is 3. The van der Waals surface area contributed by atoms with E-state index in [2.05, 4.69) is 5.16 Å². The summed E-state index contributed by atoms with van der Waals surface area (Å²) in [5.74, 6) is 0.0408. The van der Waals surface area contributed by atoms with E-state index in [-0.39, 0.29) is 11.7 Å². The van der Waals surface area contributed by atoms with E-state index in [9.17, 15) is 4.79 Å². The van der Waals surface area contributed by atoms with Crippen molar-refractivity contribution in [2.45, 2.75) is 6.42 Å². The lowest BCUT2D eigenvalue weighted by molar-refractivity contribution is 0.0798. The van der Waals surface area contributed by atoms with Crippen molar-refractivity contribution in [2.24, 2.45) is 10.9 Å². The minimum atomic E-state index is -0.0775. The Kier molecular flexibility index (Phi) is 4.32. The van der Waals surface area contributed by atoms with Gasteiger partial charge in [0, 0.05) is 25.6 Å². The second-order valence-electron chi connectivity index (χ2n) is 3.43. The van der Waals surface area contributed by atoms with Crippen molar-refractivity contribution in [3.05, 3.63) is 35.9 Å². The molecule has 0 radical (unpaired) electrons. The van der Waals surface area contributed by atoms with Crippen LogP contribution in [0, 0.1) is 0 Å². The van der Waals surface area contributed by atoms with Gasteiger partial charge >= 0.3 is 0 Å². The first-order valence-corrected chi connectivity index (χ1v) is 4.92. The first-order valence-electron chi connectivity index (χ1n) is 4.92. The number of nitrogens with two attached hydrogens (primary N) is 1. The van der Waals surface area contributed by atoms with E-state index in [1.807, 2.05) is 18.2 Å². The van der Waals surface area contributed by atoms with E-state index < -0.39 is 0 Å². The smallest absolute Gasteiger partial charge is 0.253 e. The predicted molar refractivity (Wildman–Crippen MR) is 61.4 cm³/mol. The summed E-state index contributed by atoms with van der Waals surface area (Å²) < 4.78 is 0. The van der Waals surface area contributed by atoms with E-state index in [4.69, 9.17) is 10.9 Å². The predicted octanol–water partition coefficient (Wildman–Crippen LogP) is 0.895. The summed E-state index contributed by atoms with van der Waals surface area (Å²) in [4.78, 5) is 13.4. The molecule has 0 aromatic heterocycles. The van der Waals surface area contributed by atoms with Gasteiger partial charge in [0.25, 0.3) is 5.91 Å². The lowest BCUT2D eigenvalue weighted by Crippen LogP contribution is -2.30. The normalized spacial score (nSPS) is 11.2. The van der Waals surface area contributed by atoms with Gasteiger partial charge in [-0.2, -0.15) is 0 Å². The van der Waals surface area contributed by atoms with Crippen LogP contribution in [0.1, 0.15) is 16.8 Å². The molecule has 0 heterocycles. The molecule has 1 amide bonds. The van der Waals surface area contributed by atoms with Crippen molar-refractivity contribution >= 4 is 11.7 Å². The third-order valence-corrected chi connectivity index (χ3v) is 2.20. The summed E-state index contributed by atoms with van der Waals surface area (Å²) >= 11 is 0. The number of nitrogens with zero attached hydrogens (tertiary/aromatic N) is 2. The zero-order valence-electron chi connectivity index (χ0n) is 9.13. The van der Waals surface area contributed by atoms with Crippen LogP contribution in [0.3, 0.4) is 0 Å². The van der Waals surface area contributed by atoms with Gasteiger partial charge in [-0.05, 0) is 12.1 Å². The fraction of sp³-hybridized carbons (Fsp3) is 0.273. The highest BCUT2D eigenvalue weighted by Crippen LogP contribution is 2.03. The quantitative estimate of drug-likeness (QED) is 0.343. The number of amidine groups is 1. The second-order valence-corrected chi connectivity index (χ2v) is 3.43. The van der Waals surface area contributed by atoms with Crippen molar-refractivity contribution in [2.75, 3.05) is 13.6 Å². The fourth-order valence-corrected chi connectivity index (χ4v) is 1.23. The number of carbonyl (C=O) groups is 1. The number of amides is 1. The molecule has 0 bridgehead atoms. The molecular formula is C11H15N3O2. The topological polar surface area (TPSA) is 78.9 Å². The van der Waals surface area contributed by atoms with E-state index in [1.165, 1.54) is 4.90 Å². The van der Waals surface area contributed by atoms with E-state index >= 15 is 0 Å². The molecule has 86 valence electrons. The largest absolute Gasteiger partial charge is 0.409 e. The number of oxime groups is 1. The summed E-state index contributed by atoms with van der Waals surface area (Å²) in [6.45, 7) is 0.420. The van der Waals surface area contributed by atoms with Gasteiger partial charge in [-0.1, -0.05) is 23.4 Å². The molecule has 0 saturated carbocycles. The van der Waals surface area contributed by atoms with Crippen LogP contribution in [-0.2, 0) is 0 Å². The van der Waals surface area contributed by atoms with Crippen molar-refractivity contribution < 1.29 is 10.0 Å². The standard InChI is InChI=1S/C11H15N3O2/c1-14(8-7-10(12)13-16)11(15)9-5-3-2-4-6-9/h2-6,16H,7-8H2,1H3,(H2,12,13). The van der Waals surface area contributed by atoms with Crippen LogP contribution in [0.15, 0.2) is 35.5 Å². The van der Waals surface area contributed by atoms with E-state index in [1.54, 1.807) is 19.2 Å². The summed E-state index contributed by atoms with van der Waals surface area (Å²) in [5, 5.41) is 11.2. The monoisotopic (exact) mass is 221 g/mol. The first kappa shape index (κ1) is 12.0. The minimum absolute atomic E-state index is 0.0775. The molecule has 5 nitrogen and oxygen atoms in total. The molecule has 0 atom stereocenters. The minimum Gasteiger partial charge on any atom is -0.409 e. The summed E-state index contributed by atoms with van der Waals surface area (Å²) in [5.41, 5.74) is 5.95. The molecule has 0 saturated heterocycles. The van der Waals surface area contributed by atoms with Crippen LogP contribution in [-0.4, -0.2) is 35.4 Å². The average molecular weight is 221 g/mol. The van der Waals surface area contributed by atoms with Crippen LogP contribution in [0.25, 0.3) is 0 Å². The molecule has 16 heavy (non-hydrogen) atoms. The van der Waals surface area contributed by atoms with Crippen molar-refractivity contribution in [3.63, 3.8) is 0 Å².